The van der Waals surface area contributed by atoms with Gasteiger partial charge in [-0.1, -0.05) is 38.5 Å². The SMILES string of the molecule is O=S(=O)([O-])c1c(C2CCCCC2)cc(S(=O)(=O)O)cc1C1CCCCC1. The third-order valence-corrected chi connectivity index (χ3v) is 7.56. The van der Waals surface area contributed by atoms with E-state index in [9.17, 15) is 25.9 Å². The van der Waals surface area contributed by atoms with E-state index in [1.54, 1.807) is 0 Å². The molecule has 0 atom stereocenters. The Morgan fingerprint density at radius 2 is 1.15 bits per heavy atom. The molecule has 2 fully saturated rings. The normalized spacial score (nSPS) is 21.0. The summed E-state index contributed by atoms with van der Waals surface area (Å²) in [6, 6.07) is 2.42. The Morgan fingerprint density at radius 3 is 1.46 bits per heavy atom. The van der Waals surface area contributed by atoms with Gasteiger partial charge in [0.25, 0.3) is 10.1 Å². The van der Waals surface area contributed by atoms with Crippen LogP contribution in [0, 0.1) is 0 Å². The second-order valence-electron chi connectivity index (χ2n) is 7.53. The van der Waals surface area contributed by atoms with Crippen molar-refractivity contribution in [1.82, 2.24) is 0 Å². The van der Waals surface area contributed by atoms with Crippen molar-refractivity contribution in [2.24, 2.45) is 0 Å². The molecule has 0 amide bonds. The summed E-state index contributed by atoms with van der Waals surface area (Å²) in [6.45, 7) is 0. The minimum atomic E-state index is -4.75. The van der Waals surface area contributed by atoms with Crippen LogP contribution in [0.1, 0.15) is 87.2 Å². The Morgan fingerprint density at radius 1 is 0.769 bits per heavy atom. The average Bonchev–Trinajstić information content (AvgIpc) is 2.60. The van der Waals surface area contributed by atoms with Gasteiger partial charge >= 0.3 is 0 Å². The summed E-state index contributed by atoms with van der Waals surface area (Å²) < 4.78 is 69.6. The van der Waals surface area contributed by atoms with Crippen LogP contribution in [0.4, 0.5) is 0 Å². The molecule has 8 heteroatoms. The van der Waals surface area contributed by atoms with Gasteiger partial charge in [-0.3, -0.25) is 4.55 Å². The molecule has 0 aliphatic heterocycles. The van der Waals surface area contributed by atoms with E-state index in [0.717, 1.165) is 64.2 Å². The minimum absolute atomic E-state index is 0.161. The summed E-state index contributed by atoms with van der Waals surface area (Å²) >= 11 is 0. The second kappa shape index (κ2) is 7.58. The number of hydrogen-bond donors (Lipinski definition) is 1. The molecule has 6 nitrogen and oxygen atoms in total. The first-order chi connectivity index (χ1) is 12.2. The summed E-state index contributed by atoms with van der Waals surface area (Å²) in [7, 11) is -9.24. The van der Waals surface area contributed by atoms with Crippen molar-refractivity contribution < 1.29 is 25.9 Å². The fourth-order valence-electron chi connectivity index (χ4n) is 4.52. The molecule has 1 N–H and O–H groups in total. The second-order valence-corrected chi connectivity index (χ2v) is 10.3. The van der Waals surface area contributed by atoms with Gasteiger partial charge in [0, 0.05) is 0 Å². The predicted molar refractivity (Wildman–Crippen MR) is 95.9 cm³/mol. The lowest BCUT2D eigenvalue weighted by atomic mass is 9.80. The third kappa shape index (κ3) is 4.30. The molecule has 0 saturated heterocycles. The smallest absolute Gasteiger partial charge is 0.294 e. The zero-order chi connectivity index (χ0) is 18.9. The van der Waals surface area contributed by atoms with Gasteiger partial charge < -0.3 is 4.55 Å². The summed E-state index contributed by atoms with van der Waals surface area (Å²) in [5, 5.41) is 0. The minimum Gasteiger partial charge on any atom is -0.744 e. The first-order valence-electron chi connectivity index (χ1n) is 9.29. The molecule has 0 spiro atoms. The molecule has 2 aliphatic carbocycles. The van der Waals surface area contributed by atoms with Gasteiger partial charge in [-0.05, 0) is 60.8 Å². The van der Waals surface area contributed by atoms with Gasteiger partial charge in [0.2, 0.25) is 0 Å². The van der Waals surface area contributed by atoms with Crippen molar-refractivity contribution >= 4 is 20.2 Å². The lowest BCUT2D eigenvalue weighted by Gasteiger charge is -2.31. The maximum Gasteiger partial charge on any atom is 0.294 e. The number of rotatable bonds is 4. The van der Waals surface area contributed by atoms with Gasteiger partial charge in [-0.25, -0.2) is 8.42 Å². The summed E-state index contributed by atoms with van der Waals surface area (Å²) in [4.78, 5) is -0.533. The van der Waals surface area contributed by atoms with Crippen molar-refractivity contribution in [1.29, 1.82) is 0 Å². The zero-order valence-electron chi connectivity index (χ0n) is 14.7. The van der Waals surface area contributed by atoms with Crippen molar-refractivity contribution in [3.05, 3.63) is 23.3 Å². The quantitative estimate of drug-likeness (QED) is 0.765. The lowest BCUT2D eigenvalue weighted by Crippen LogP contribution is -2.18. The molecule has 3 rings (SSSR count). The van der Waals surface area contributed by atoms with E-state index in [-0.39, 0.29) is 32.8 Å². The largest absolute Gasteiger partial charge is 0.744 e. The van der Waals surface area contributed by atoms with Crippen LogP contribution in [0.3, 0.4) is 0 Å². The van der Waals surface area contributed by atoms with Crippen molar-refractivity contribution in [2.75, 3.05) is 0 Å². The van der Waals surface area contributed by atoms with Crippen LogP contribution in [0.25, 0.3) is 0 Å². The summed E-state index contributed by atoms with van der Waals surface area (Å²) in [5.74, 6) is -0.321. The molecule has 1 aromatic rings. The Balaban J connectivity index is 2.25. The molecule has 0 unspecified atom stereocenters. The van der Waals surface area contributed by atoms with E-state index >= 15 is 0 Å². The van der Waals surface area contributed by atoms with E-state index in [2.05, 4.69) is 0 Å². The molecule has 0 aromatic heterocycles. The molecule has 146 valence electrons. The van der Waals surface area contributed by atoms with Crippen LogP contribution in [0.5, 0.6) is 0 Å². The Labute approximate surface area is 155 Å². The lowest BCUT2D eigenvalue weighted by molar-refractivity contribution is 0.414. The molecule has 2 aliphatic rings. The first-order valence-corrected chi connectivity index (χ1v) is 12.1. The highest BCUT2D eigenvalue weighted by Gasteiger charge is 2.30. The predicted octanol–water partition coefficient (Wildman–Crippen LogP) is 3.93. The fourth-order valence-corrected chi connectivity index (χ4v) is 6.10. The maximum atomic E-state index is 12.2. The first kappa shape index (κ1) is 19.8. The average molecular weight is 402 g/mol. The molecule has 2 saturated carbocycles. The molecule has 26 heavy (non-hydrogen) atoms. The Bertz CT molecular complexity index is 822. The zero-order valence-corrected chi connectivity index (χ0v) is 16.3. The molecule has 0 heterocycles. The van der Waals surface area contributed by atoms with E-state index in [1.165, 1.54) is 12.1 Å². The summed E-state index contributed by atoms with van der Waals surface area (Å²) in [5.41, 5.74) is 0.575. The van der Waals surface area contributed by atoms with Crippen LogP contribution in [-0.2, 0) is 20.2 Å². The van der Waals surface area contributed by atoms with E-state index in [1.807, 2.05) is 0 Å². The summed E-state index contributed by atoms with van der Waals surface area (Å²) in [6.07, 6.45) is 8.64. The molecule has 0 radical (unpaired) electrons. The third-order valence-electron chi connectivity index (χ3n) is 5.76. The topological polar surface area (TPSA) is 112 Å². The van der Waals surface area contributed by atoms with Gasteiger partial charge in [0.1, 0.15) is 10.1 Å². The van der Waals surface area contributed by atoms with Gasteiger partial charge in [0.15, 0.2) is 0 Å². The number of benzene rings is 1. The van der Waals surface area contributed by atoms with E-state index in [4.69, 9.17) is 0 Å². The van der Waals surface area contributed by atoms with Crippen molar-refractivity contribution in [3.8, 4) is 0 Å². The Kier molecular flexibility index (Phi) is 5.77. The number of hydrogen-bond acceptors (Lipinski definition) is 5. The Hall–Kier alpha value is -0.960. The maximum absolute atomic E-state index is 12.2. The van der Waals surface area contributed by atoms with Crippen molar-refractivity contribution in [3.63, 3.8) is 0 Å². The molecular formula is C18H25O6S2-. The molecule has 1 aromatic carbocycles. The van der Waals surface area contributed by atoms with Crippen LogP contribution >= 0.6 is 0 Å². The van der Waals surface area contributed by atoms with Gasteiger partial charge in [0.05, 0.1) is 9.79 Å². The highest BCUT2D eigenvalue weighted by atomic mass is 32.2. The van der Waals surface area contributed by atoms with Crippen LogP contribution in [0.15, 0.2) is 21.9 Å². The van der Waals surface area contributed by atoms with Crippen LogP contribution in [0.2, 0.25) is 0 Å². The van der Waals surface area contributed by atoms with Crippen molar-refractivity contribution in [2.45, 2.75) is 85.8 Å². The highest BCUT2D eigenvalue weighted by molar-refractivity contribution is 7.86. The van der Waals surface area contributed by atoms with Gasteiger partial charge in [-0.15, -0.1) is 0 Å². The fraction of sp³-hybridized carbons (Fsp3) is 0.667. The van der Waals surface area contributed by atoms with Gasteiger partial charge in [-0.2, -0.15) is 8.42 Å². The standard InChI is InChI=1S/C18H26O6S2/c19-25(20,21)15-11-16(13-7-3-1-4-8-13)18(26(22,23)24)17(12-15)14-9-5-2-6-10-14/h11-14H,1-10H2,(H,19,20,21)(H,22,23,24)/p-1. The molecular weight excluding hydrogens is 376 g/mol. The highest BCUT2D eigenvalue weighted by Crippen LogP contribution is 2.43. The monoisotopic (exact) mass is 401 g/mol. The van der Waals surface area contributed by atoms with Crippen LogP contribution in [-0.4, -0.2) is 25.9 Å². The van der Waals surface area contributed by atoms with E-state index in [0.29, 0.717) is 0 Å². The van der Waals surface area contributed by atoms with E-state index < -0.39 is 20.2 Å². The van der Waals surface area contributed by atoms with Crippen LogP contribution < -0.4 is 0 Å². The molecule has 0 bridgehead atoms.